The number of carbonyl (C=O) groups excluding carboxylic acids is 1. The second-order valence-corrected chi connectivity index (χ2v) is 7.04. The van der Waals surface area contributed by atoms with Gasteiger partial charge in [-0.1, -0.05) is 30.3 Å². The minimum atomic E-state index is -1.29. The molecule has 1 aliphatic rings. The molecular weight excluding hydrogens is 456 g/mol. The van der Waals surface area contributed by atoms with E-state index in [1.165, 1.54) is 42.3 Å². The average molecular weight is 476 g/mol. The van der Waals surface area contributed by atoms with Crippen LogP contribution in [0.2, 0.25) is 0 Å². The van der Waals surface area contributed by atoms with Crippen molar-refractivity contribution in [2.24, 2.45) is 9.98 Å². The molecule has 0 bridgehead atoms. The summed E-state index contributed by atoms with van der Waals surface area (Å²) in [5.41, 5.74) is 2.37. The third-order valence-electron chi connectivity index (χ3n) is 4.87. The van der Waals surface area contributed by atoms with Crippen molar-refractivity contribution in [1.82, 2.24) is 5.48 Å². The van der Waals surface area contributed by atoms with Gasteiger partial charge in [-0.3, -0.25) is 14.9 Å². The van der Waals surface area contributed by atoms with Crippen LogP contribution in [0.3, 0.4) is 0 Å². The van der Waals surface area contributed by atoms with Gasteiger partial charge in [-0.2, -0.15) is 9.98 Å². The Kier molecular flexibility index (Phi) is 6.88. The highest BCUT2D eigenvalue weighted by atomic mass is 16.6. The number of methoxy groups -OCH3 is 1. The van der Waals surface area contributed by atoms with Gasteiger partial charge in [0.25, 0.3) is 6.35 Å². The van der Waals surface area contributed by atoms with Crippen LogP contribution in [-0.4, -0.2) is 48.0 Å². The van der Waals surface area contributed by atoms with Crippen molar-refractivity contribution in [3.05, 3.63) is 83.9 Å². The SMILES string of the molecule is COc1cc(C=O)ccc1OC1N=C(Oc2ccccc2)N=C(NO)N1c1ccccc1C(=O)O. The lowest BCUT2D eigenvalue weighted by Crippen LogP contribution is -2.52. The zero-order valence-electron chi connectivity index (χ0n) is 18.4. The number of carboxylic acids is 1. The summed E-state index contributed by atoms with van der Waals surface area (Å²) in [5.74, 6) is -0.544. The number of benzene rings is 3. The normalized spacial score (nSPS) is 14.9. The Morgan fingerprint density at radius 3 is 2.49 bits per heavy atom. The number of rotatable bonds is 7. The smallest absolute Gasteiger partial charge is 0.337 e. The van der Waals surface area contributed by atoms with Crippen LogP contribution in [0.25, 0.3) is 0 Å². The summed E-state index contributed by atoms with van der Waals surface area (Å²) < 4.78 is 17.1. The van der Waals surface area contributed by atoms with Crippen LogP contribution in [0.15, 0.2) is 82.8 Å². The summed E-state index contributed by atoms with van der Waals surface area (Å²) in [4.78, 5) is 32.9. The molecule has 11 nitrogen and oxygen atoms in total. The highest BCUT2D eigenvalue weighted by Crippen LogP contribution is 2.32. The summed E-state index contributed by atoms with van der Waals surface area (Å²) in [6.45, 7) is 0. The van der Waals surface area contributed by atoms with Gasteiger partial charge in [0.05, 0.1) is 18.4 Å². The Morgan fingerprint density at radius 1 is 1.06 bits per heavy atom. The summed E-state index contributed by atoms with van der Waals surface area (Å²) in [5, 5.41) is 19.6. The molecule has 0 amide bonds. The van der Waals surface area contributed by atoms with E-state index in [0.29, 0.717) is 17.6 Å². The van der Waals surface area contributed by atoms with E-state index in [0.717, 1.165) is 0 Å². The average Bonchev–Trinajstić information content (AvgIpc) is 2.89. The van der Waals surface area contributed by atoms with E-state index in [1.807, 2.05) is 11.5 Å². The van der Waals surface area contributed by atoms with Gasteiger partial charge in [0.1, 0.15) is 12.0 Å². The maximum Gasteiger partial charge on any atom is 0.337 e. The van der Waals surface area contributed by atoms with Crippen molar-refractivity contribution >= 4 is 29.9 Å². The van der Waals surface area contributed by atoms with Gasteiger partial charge in [-0.25, -0.2) is 10.3 Å². The Balaban J connectivity index is 1.80. The van der Waals surface area contributed by atoms with Crippen LogP contribution in [0.4, 0.5) is 5.69 Å². The van der Waals surface area contributed by atoms with Crippen molar-refractivity contribution in [3.8, 4) is 17.2 Å². The van der Waals surface area contributed by atoms with E-state index < -0.39 is 12.3 Å². The summed E-state index contributed by atoms with van der Waals surface area (Å²) >= 11 is 0. The number of hydrogen-bond acceptors (Lipinski definition) is 10. The maximum atomic E-state index is 11.9. The molecular formula is C24H20N4O7. The van der Waals surface area contributed by atoms with Crippen molar-refractivity contribution in [1.29, 1.82) is 0 Å². The van der Waals surface area contributed by atoms with E-state index in [1.54, 1.807) is 36.4 Å². The molecule has 0 spiro atoms. The van der Waals surface area contributed by atoms with Crippen LogP contribution >= 0.6 is 0 Å². The number of aldehydes is 1. The van der Waals surface area contributed by atoms with E-state index in [9.17, 15) is 19.9 Å². The van der Waals surface area contributed by atoms with Gasteiger partial charge in [0.15, 0.2) is 11.5 Å². The van der Waals surface area contributed by atoms with E-state index in [4.69, 9.17) is 14.2 Å². The lowest BCUT2D eigenvalue weighted by molar-refractivity contribution is 0.0697. The molecule has 0 fully saturated rings. The second-order valence-electron chi connectivity index (χ2n) is 7.04. The molecule has 0 saturated carbocycles. The Labute approximate surface area is 199 Å². The zero-order chi connectivity index (χ0) is 24.8. The molecule has 3 aromatic carbocycles. The number of ether oxygens (including phenoxy) is 3. The first-order valence-electron chi connectivity index (χ1n) is 10.2. The summed E-state index contributed by atoms with van der Waals surface area (Å²) in [6.07, 6.45) is -0.635. The number of aliphatic imine (C=N–C) groups is 2. The number of amidine groups is 1. The van der Waals surface area contributed by atoms with Crippen LogP contribution in [0.5, 0.6) is 17.2 Å². The number of hydroxylamine groups is 1. The van der Waals surface area contributed by atoms with Crippen LogP contribution in [0, 0.1) is 0 Å². The predicted octanol–water partition coefficient (Wildman–Crippen LogP) is 3.16. The zero-order valence-corrected chi connectivity index (χ0v) is 18.4. The minimum absolute atomic E-state index is 0.0880. The number of carbonyl (C=O) groups is 2. The molecule has 0 radical (unpaired) electrons. The third kappa shape index (κ3) is 5.04. The molecule has 1 atom stereocenters. The molecule has 11 heteroatoms. The highest BCUT2D eigenvalue weighted by Gasteiger charge is 2.34. The number of nitrogens with zero attached hydrogens (tertiary/aromatic N) is 3. The van der Waals surface area contributed by atoms with Crippen molar-refractivity contribution < 1.29 is 34.1 Å². The molecule has 0 aromatic heterocycles. The van der Waals surface area contributed by atoms with E-state index >= 15 is 0 Å². The lowest BCUT2D eigenvalue weighted by atomic mass is 10.1. The second kappa shape index (κ2) is 10.4. The molecule has 1 heterocycles. The number of carboxylic acid groups (broad SMARTS) is 1. The van der Waals surface area contributed by atoms with Gasteiger partial charge in [0.2, 0.25) is 5.96 Å². The maximum absolute atomic E-state index is 11.9. The first-order chi connectivity index (χ1) is 17.0. The first kappa shape index (κ1) is 23.3. The Bertz CT molecular complexity index is 1290. The molecule has 3 aromatic rings. The van der Waals surface area contributed by atoms with Gasteiger partial charge < -0.3 is 19.3 Å². The quantitative estimate of drug-likeness (QED) is 0.346. The fourth-order valence-electron chi connectivity index (χ4n) is 3.30. The Hall–Kier alpha value is -4.90. The summed E-state index contributed by atoms with van der Waals surface area (Å²) in [6, 6.07) is 19.1. The molecule has 4 rings (SSSR count). The predicted molar refractivity (Wildman–Crippen MR) is 126 cm³/mol. The molecule has 0 saturated heterocycles. The summed E-state index contributed by atoms with van der Waals surface area (Å²) in [7, 11) is 1.41. The number of nitrogens with one attached hydrogen (secondary N) is 1. The van der Waals surface area contributed by atoms with E-state index in [-0.39, 0.29) is 34.7 Å². The highest BCUT2D eigenvalue weighted by molar-refractivity contribution is 6.07. The van der Waals surface area contributed by atoms with Crippen LogP contribution in [-0.2, 0) is 0 Å². The monoisotopic (exact) mass is 476 g/mol. The number of anilines is 1. The number of guanidine groups is 1. The number of aromatic carboxylic acids is 1. The van der Waals surface area contributed by atoms with Crippen LogP contribution in [0.1, 0.15) is 20.7 Å². The third-order valence-corrected chi connectivity index (χ3v) is 4.87. The molecule has 0 aliphatic carbocycles. The molecule has 178 valence electrons. The van der Waals surface area contributed by atoms with Gasteiger partial charge >= 0.3 is 12.0 Å². The minimum Gasteiger partial charge on any atom is -0.493 e. The van der Waals surface area contributed by atoms with E-state index in [2.05, 4.69) is 9.98 Å². The number of para-hydroxylation sites is 2. The molecule has 3 N–H and O–H groups in total. The van der Waals surface area contributed by atoms with Crippen LogP contribution < -0.4 is 24.6 Å². The molecule has 1 unspecified atom stereocenters. The van der Waals surface area contributed by atoms with Crippen molar-refractivity contribution in [2.75, 3.05) is 12.0 Å². The van der Waals surface area contributed by atoms with Crippen molar-refractivity contribution in [2.45, 2.75) is 6.35 Å². The standard InChI is InChI=1S/C24H20N4O7/c1-33-20-13-15(14-29)11-12-19(20)35-24-26-23(34-16-7-3-2-4-8-16)25-22(27-32)28(24)18-10-6-5-9-17(18)21(30)31/h2-14,24,32H,1H3,(H,30,31)(H,25,26,27). The van der Waals surface area contributed by atoms with Crippen molar-refractivity contribution in [3.63, 3.8) is 0 Å². The Morgan fingerprint density at radius 2 is 1.80 bits per heavy atom. The number of hydrogen-bond donors (Lipinski definition) is 3. The molecule has 35 heavy (non-hydrogen) atoms. The lowest BCUT2D eigenvalue weighted by Gasteiger charge is -2.34. The topological polar surface area (TPSA) is 142 Å². The van der Waals surface area contributed by atoms with Gasteiger partial charge in [-0.05, 0) is 42.5 Å². The fraction of sp³-hybridized carbons (Fsp3) is 0.0833. The van der Waals surface area contributed by atoms with Gasteiger partial charge in [-0.15, -0.1) is 0 Å². The molecule has 1 aliphatic heterocycles. The fourth-order valence-corrected chi connectivity index (χ4v) is 3.30. The van der Waals surface area contributed by atoms with Gasteiger partial charge in [0, 0.05) is 5.56 Å². The largest absolute Gasteiger partial charge is 0.493 e. The first-order valence-corrected chi connectivity index (χ1v) is 10.2.